The van der Waals surface area contributed by atoms with Crippen LogP contribution in [-0.2, 0) is 16.2 Å². The largest absolute Gasteiger partial charge is 0.489 e. The lowest BCUT2D eigenvalue weighted by atomic mass is 10.0. The number of fused-ring (bicyclic) bond motifs is 1. The lowest BCUT2D eigenvalue weighted by Gasteiger charge is -2.21. The van der Waals surface area contributed by atoms with Gasteiger partial charge < -0.3 is 24.8 Å². The molecule has 0 radical (unpaired) electrons. The molecule has 2 N–H and O–H groups in total. The van der Waals surface area contributed by atoms with E-state index >= 15 is 0 Å². The molecule has 28 heavy (non-hydrogen) atoms. The fourth-order valence-corrected chi connectivity index (χ4v) is 2.85. The Labute approximate surface area is 164 Å². The number of hydrogen-bond acceptors (Lipinski definition) is 5. The molecule has 1 aliphatic rings. The van der Waals surface area contributed by atoms with Crippen molar-refractivity contribution in [3.8, 4) is 17.2 Å². The van der Waals surface area contributed by atoms with Crippen molar-refractivity contribution < 1.29 is 23.8 Å². The van der Waals surface area contributed by atoms with Gasteiger partial charge in [-0.25, -0.2) is 0 Å². The van der Waals surface area contributed by atoms with E-state index in [9.17, 15) is 9.59 Å². The van der Waals surface area contributed by atoms with Crippen molar-refractivity contribution >= 4 is 17.5 Å². The minimum absolute atomic E-state index is 0.0265. The molecule has 2 aromatic carbocycles. The van der Waals surface area contributed by atoms with Crippen LogP contribution in [0.15, 0.2) is 42.5 Å². The second-order valence-corrected chi connectivity index (χ2v) is 6.92. The Morgan fingerprint density at radius 1 is 1.11 bits per heavy atom. The van der Waals surface area contributed by atoms with E-state index in [4.69, 9.17) is 14.2 Å². The molecule has 0 fully saturated rings. The highest BCUT2D eigenvalue weighted by Gasteiger charge is 2.23. The smallest absolute Gasteiger partial charge is 0.247 e. The molecule has 0 bridgehead atoms. The van der Waals surface area contributed by atoms with Gasteiger partial charge in [0.1, 0.15) is 18.4 Å². The van der Waals surface area contributed by atoms with Crippen molar-refractivity contribution in [2.75, 3.05) is 12.1 Å². The lowest BCUT2D eigenvalue weighted by Crippen LogP contribution is -2.46. The molecule has 148 valence electrons. The van der Waals surface area contributed by atoms with Crippen molar-refractivity contribution in [2.24, 2.45) is 5.92 Å². The first-order chi connectivity index (χ1) is 13.4. The third-order valence-corrected chi connectivity index (χ3v) is 4.25. The topological polar surface area (TPSA) is 85.9 Å². The van der Waals surface area contributed by atoms with Crippen LogP contribution >= 0.6 is 0 Å². The average Bonchev–Trinajstić information content (AvgIpc) is 3.12. The van der Waals surface area contributed by atoms with E-state index in [1.807, 2.05) is 44.2 Å². The van der Waals surface area contributed by atoms with Crippen molar-refractivity contribution in [3.05, 3.63) is 48.0 Å². The van der Waals surface area contributed by atoms with Crippen LogP contribution in [0.3, 0.4) is 0 Å². The number of carbonyl (C=O) groups excluding carboxylic acids is 2. The average molecular weight is 384 g/mol. The Balaban J connectivity index is 1.62. The summed E-state index contributed by atoms with van der Waals surface area (Å²) in [5.74, 6) is 1.52. The molecule has 2 amide bonds. The molecule has 2 aromatic rings. The summed E-state index contributed by atoms with van der Waals surface area (Å²) in [4.78, 5) is 23.8. The van der Waals surface area contributed by atoms with Gasteiger partial charge in [-0.05, 0) is 35.7 Å². The first-order valence-corrected chi connectivity index (χ1v) is 9.11. The molecular formula is C21H24N2O5. The van der Waals surface area contributed by atoms with Crippen LogP contribution in [0, 0.1) is 5.92 Å². The summed E-state index contributed by atoms with van der Waals surface area (Å²) in [5, 5.41) is 5.54. The van der Waals surface area contributed by atoms with E-state index in [1.165, 1.54) is 6.92 Å². The highest BCUT2D eigenvalue weighted by Crippen LogP contribution is 2.35. The number of amides is 2. The van der Waals surface area contributed by atoms with Gasteiger partial charge in [-0.3, -0.25) is 9.59 Å². The SMILES string of the molecule is CC(=O)N[C@H](C(=O)Nc1cccc(COc2ccc3c(c2)OCO3)c1)C(C)C. The molecule has 7 nitrogen and oxygen atoms in total. The molecule has 3 rings (SSSR count). The molecule has 1 atom stereocenters. The molecular weight excluding hydrogens is 360 g/mol. The second-order valence-electron chi connectivity index (χ2n) is 6.92. The van der Waals surface area contributed by atoms with Crippen LogP contribution < -0.4 is 24.8 Å². The molecule has 1 heterocycles. The number of anilines is 1. The van der Waals surface area contributed by atoms with Crippen LogP contribution in [0.25, 0.3) is 0 Å². The maximum absolute atomic E-state index is 12.5. The van der Waals surface area contributed by atoms with Crippen molar-refractivity contribution in [1.82, 2.24) is 5.32 Å². The van der Waals surface area contributed by atoms with Gasteiger partial charge in [0.05, 0.1) is 0 Å². The molecule has 0 saturated heterocycles. The zero-order chi connectivity index (χ0) is 20.1. The van der Waals surface area contributed by atoms with Crippen LogP contribution in [0.2, 0.25) is 0 Å². The van der Waals surface area contributed by atoms with Crippen LogP contribution in [-0.4, -0.2) is 24.6 Å². The zero-order valence-corrected chi connectivity index (χ0v) is 16.2. The third kappa shape index (κ3) is 4.94. The van der Waals surface area contributed by atoms with Gasteiger partial charge in [-0.1, -0.05) is 26.0 Å². The second kappa shape index (κ2) is 8.65. The predicted molar refractivity (Wildman–Crippen MR) is 104 cm³/mol. The first-order valence-electron chi connectivity index (χ1n) is 9.11. The summed E-state index contributed by atoms with van der Waals surface area (Å²) in [6.07, 6.45) is 0. The van der Waals surface area contributed by atoms with Crippen molar-refractivity contribution in [3.63, 3.8) is 0 Å². The normalized spacial score (nSPS) is 13.1. The van der Waals surface area contributed by atoms with Gasteiger partial charge in [0.2, 0.25) is 18.6 Å². The van der Waals surface area contributed by atoms with Gasteiger partial charge in [0.25, 0.3) is 0 Å². The molecule has 0 saturated carbocycles. The van der Waals surface area contributed by atoms with Crippen LogP contribution in [0.5, 0.6) is 17.2 Å². The fourth-order valence-electron chi connectivity index (χ4n) is 2.85. The van der Waals surface area contributed by atoms with E-state index in [2.05, 4.69) is 10.6 Å². The Morgan fingerprint density at radius 2 is 1.89 bits per heavy atom. The van der Waals surface area contributed by atoms with E-state index in [0.717, 1.165) is 5.56 Å². The minimum Gasteiger partial charge on any atom is -0.489 e. The summed E-state index contributed by atoms with van der Waals surface area (Å²) in [5.41, 5.74) is 1.55. The third-order valence-electron chi connectivity index (χ3n) is 4.25. The van der Waals surface area contributed by atoms with Gasteiger partial charge in [0, 0.05) is 18.7 Å². The van der Waals surface area contributed by atoms with E-state index in [-0.39, 0.29) is 24.5 Å². The summed E-state index contributed by atoms with van der Waals surface area (Å²) >= 11 is 0. The summed E-state index contributed by atoms with van der Waals surface area (Å²) < 4.78 is 16.4. The predicted octanol–water partition coefficient (Wildman–Crippen LogP) is 3.09. The lowest BCUT2D eigenvalue weighted by molar-refractivity contribution is -0.126. The maximum atomic E-state index is 12.5. The molecule has 0 aliphatic carbocycles. The monoisotopic (exact) mass is 384 g/mol. The maximum Gasteiger partial charge on any atom is 0.247 e. The number of carbonyl (C=O) groups is 2. The highest BCUT2D eigenvalue weighted by atomic mass is 16.7. The van der Waals surface area contributed by atoms with Crippen LogP contribution in [0.1, 0.15) is 26.3 Å². The molecule has 0 aromatic heterocycles. The van der Waals surface area contributed by atoms with Crippen molar-refractivity contribution in [1.29, 1.82) is 0 Å². The number of rotatable bonds is 7. The fraction of sp³-hybridized carbons (Fsp3) is 0.333. The summed E-state index contributed by atoms with van der Waals surface area (Å²) in [7, 11) is 0. The Bertz CT molecular complexity index is 866. The number of ether oxygens (including phenoxy) is 3. The Hall–Kier alpha value is -3.22. The number of benzene rings is 2. The van der Waals surface area contributed by atoms with Crippen LogP contribution in [0.4, 0.5) is 5.69 Å². The van der Waals surface area contributed by atoms with E-state index in [1.54, 1.807) is 12.1 Å². The number of nitrogens with one attached hydrogen (secondary N) is 2. The molecule has 1 aliphatic heterocycles. The quantitative estimate of drug-likeness (QED) is 0.766. The van der Waals surface area contributed by atoms with E-state index in [0.29, 0.717) is 29.5 Å². The summed E-state index contributed by atoms with van der Waals surface area (Å²) in [6.45, 7) is 5.72. The standard InChI is InChI=1S/C21H24N2O5/c1-13(2)20(22-14(3)24)21(25)23-16-6-4-5-15(9-16)11-26-17-7-8-18-19(10-17)28-12-27-18/h4-10,13,20H,11-12H2,1-3H3,(H,22,24)(H,23,25)/t20-/m0/s1. The Morgan fingerprint density at radius 3 is 2.64 bits per heavy atom. The zero-order valence-electron chi connectivity index (χ0n) is 16.2. The molecule has 0 unspecified atom stereocenters. The molecule has 0 spiro atoms. The summed E-state index contributed by atoms with van der Waals surface area (Å²) in [6, 6.07) is 12.2. The van der Waals surface area contributed by atoms with Gasteiger partial charge in [0.15, 0.2) is 11.5 Å². The van der Waals surface area contributed by atoms with Gasteiger partial charge >= 0.3 is 0 Å². The van der Waals surface area contributed by atoms with Gasteiger partial charge in [-0.15, -0.1) is 0 Å². The van der Waals surface area contributed by atoms with Gasteiger partial charge in [-0.2, -0.15) is 0 Å². The molecule has 7 heteroatoms. The van der Waals surface area contributed by atoms with Crippen molar-refractivity contribution in [2.45, 2.75) is 33.4 Å². The Kier molecular flexibility index (Phi) is 6.03. The first kappa shape index (κ1) is 19.5. The minimum atomic E-state index is -0.592. The number of hydrogen-bond donors (Lipinski definition) is 2. The highest BCUT2D eigenvalue weighted by molar-refractivity contribution is 5.97. The van der Waals surface area contributed by atoms with E-state index < -0.39 is 6.04 Å².